The Morgan fingerprint density at radius 3 is 2.56 bits per heavy atom. The van der Waals surface area contributed by atoms with Crippen LogP contribution in [-0.4, -0.2) is 32.6 Å². The normalized spacial score (nSPS) is 17.1. The van der Waals surface area contributed by atoms with E-state index in [-0.39, 0.29) is 12.2 Å². The summed E-state index contributed by atoms with van der Waals surface area (Å²) in [6, 6.07) is 14.2. The van der Waals surface area contributed by atoms with Crippen LogP contribution in [-0.2, 0) is 4.74 Å². The van der Waals surface area contributed by atoms with Crippen LogP contribution in [0, 0.1) is 0 Å². The largest absolute Gasteiger partial charge is 0.442 e. The minimum Gasteiger partial charge on any atom is -0.442 e. The molecule has 1 aromatic heterocycles. The van der Waals surface area contributed by atoms with E-state index in [9.17, 15) is 9.59 Å². The van der Waals surface area contributed by atoms with Crippen LogP contribution in [0.5, 0.6) is 0 Å². The molecule has 4 rings (SSSR count). The molecule has 1 amide bonds. The van der Waals surface area contributed by atoms with E-state index in [4.69, 9.17) is 4.74 Å². The lowest BCUT2D eigenvalue weighted by Crippen LogP contribution is -2.46. The number of rotatable bonds is 1. The fraction of sp³-hybridized carbons (Fsp3) is 0.300. The molecule has 0 fully saturated rings. The second kappa shape index (κ2) is 6.19. The summed E-state index contributed by atoms with van der Waals surface area (Å²) in [6.07, 6.45) is -0.446. The zero-order chi connectivity index (χ0) is 19.2. The third-order valence-electron chi connectivity index (χ3n) is 4.40. The van der Waals surface area contributed by atoms with Gasteiger partial charge in [-0.1, -0.05) is 36.4 Å². The van der Waals surface area contributed by atoms with Gasteiger partial charge in [0.15, 0.2) is 5.78 Å². The maximum atomic E-state index is 13.1. The highest BCUT2D eigenvalue weighted by molar-refractivity contribution is 6.08. The fourth-order valence-electron chi connectivity index (χ4n) is 3.28. The van der Waals surface area contributed by atoms with Crippen molar-refractivity contribution in [2.45, 2.75) is 38.8 Å². The monoisotopic (exact) mass is 364 g/mol. The lowest BCUT2D eigenvalue weighted by molar-refractivity contribution is 0.0508. The van der Waals surface area contributed by atoms with Gasteiger partial charge < -0.3 is 4.74 Å². The molecule has 0 saturated heterocycles. The predicted molar refractivity (Wildman–Crippen MR) is 100 cm³/mol. The molecule has 0 radical (unpaired) electrons. The van der Waals surface area contributed by atoms with Gasteiger partial charge in [0, 0.05) is 12.0 Å². The van der Waals surface area contributed by atoms with Gasteiger partial charge >= 0.3 is 6.09 Å². The number of Topliss-reactive ketones (excluding diaryl/α,β-unsaturated/α-hetero) is 1. The van der Waals surface area contributed by atoms with E-state index < -0.39 is 17.7 Å². The summed E-state index contributed by atoms with van der Waals surface area (Å²) in [5, 5.41) is 9.70. The lowest BCUT2D eigenvalue weighted by atomic mass is 9.98. The van der Waals surface area contributed by atoms with E-state index in [0.717, 1.165) is 5.56 Å². The Labute approximate surface area is 156 Å². The molecule has 7 nitrogen and oxygen atoms in total. The molecule has 2 aromatic carbocycles. The van der Waals surface area contributed by atoms with Gasteiger partial charge in [0.2, 0.25) is 0 Å². The number of para-hydroxylation sites is 1. The van der Waals surface area contributed by atoms with Gasteiger partial charge in [-0.3, -0.25) is 4.79 Å². The Bertz CT molecular complexity index is 1020. The van der Waals surface area contributed by atoms with Crippen molar-refractivity contribution >= 4 is 22.9 Å². The molecule has 3 aromatic rings. The number of carbonyl (C=O) groups is 2. The molecule has 7 heteroatoms. The first-order chi connectivity index (χ1) is 12.8. The molecule has 27 heavy (non-hydrogen) atoms. The van der Waals surface area contributed by atoms with E-state index in [2.05, 4.69) is 10.3 Å². The quantitative estimate of drug-likeness (QED) is 0.659. The van der Waals surface area contributed by atoms with Gasteiger partial charge in [-0.15, -0.1) is 9.89 Å². The third kappa shape index (κ3) is 3.05. The van der Waals surface area contributed by atoms with Crippen LogP contribution in [0.25, 0.3) is 11.0 Å². The van der Waals surface area contributed by atoms with Crippen LogP contribution in [0.1, 0.15) is 49.2 Å². The van der Waals surface area contributed by atoms with Crippen molar-refractivity contribution in [2.24, 2.45) is 0 Å². The van der Waals surface area contributed by atoms with Crippen molar-refractivity contribution < 1.29 is 14.3 Å². The van der Waals surface area contributed by atoms with Crippen molar-refractivity contribution in [2.75, 3.05) is 5.01 Å². The predicted octanol–water partition coefficient (Wildman–Crippen LogP) is 3.63. The van der Waals surface area contributed by atoms with Gasteiger partial charge in [0.1, 0.15) is 16.6 Å². The molecule has 0 bridgehead atoms. The second-order valence-corrected chi connectivity index (χ2v) is 7.53. The highest BCUT2D eigenvalue weighted by atomic mass is 16.6. The number of nitrogens with zero attached hydrogens (tertiary/aromatic N) is 4. The van der Waals surface area contributed by atoms with E-state index >= 15 is 0 Å². The van der Waals surface area contributed by atoms with Crippen LogP contribution in [0.4, 0.5) is 4.79 Å². The van der Waals surface area contributed by atoms with E-state index in [1.54, 1.807) is 39.0 Å². The molecule has 1 atom stereocenters. The minimum atomic E-state index is -0.687. The Morgan fingerprint density at radius 1 is 1.11 bits per heavy atom. The first-order valence-electron chi connectivity index (χ1n) is 8.80. The van der Waals surface area contributed by atoms with E-state index in [1.807, 2.05) is 30.3 Å². The average molecular weight is 364 g/mol. The van der Waals surface area contributed by atoms with Gasteiger partial charge in [-0.25, -0.2) is 4.79 Å². The number of ketones is 1. The topological polar surface area (TPSA) is 77.3 Å². The molecule has 0 N–H and O–H groups in total. The number of ether oxygens (including phenoxy) is 1. The zero-order valence-corrected chi connectivity index (χ0v) is 15.4. The molecule has 1 aliphatic rings. The molecule has 0 saturated carbocycles. The van der Waals surface area contributed by atoms with Gasteiger partial charge in [-0.05, 0) is 43.7 Å². The Hall–Kier alpha value is -3.22. The summed E-state index contributed by atoms with van der Waals surface area (Å²) in [5.74, 6) is -0.0657. The van der Waals surface area contributed by atoms with Crippen molar-refractivity contribution in [1.29, 1.82) is 0 Å². The van der Waals surface area contributed by atoms with Crippen LogP contribution in [0.15, 0.2) is 48.5 Å². The summed E-state index contributed by atoms with van der Waals surface area (Å²) in [6.45, 7) is 5.41. The van der Waals surface area contributed by atoms with Crippen LogP contribution >= 0.6 is 0 Å². The molecule has 2 heterocycles. The first-order valence-corrected chi connectivity index (χ1v) is 8.80. The molecule has 0 spiro atoms. The zero-order valence-electron chi connectivity index (χ0n) is 15.4. The number of hydrogen-bond acceptors (Lipinski definition) is 5. The molecule has 1 aliphatic heterocycles. The fourth-order valence-corrected chi connectivity index (χ4v) is 3.28. The molecular formula is C20H20N4O3. The standard InChI is InChI=1S/C20H20N4O3/c1-20(2,3)27-19(26)23-16(13-8-5-4-6-9-13)12-17(25)14-10-7-11-15-18(14)24(23)22-21-15/h4-11,16H,12H2,1-3H3. The minimum absolute atomic E-state index is 0.0657. The van der Waals surface area contributed by atoms with Gasteiger partial charge in [-0.2, -0.15) is 5.01 Å². The summed E-state index contributed by atoms with van der Waals surface area (Å²) in [7, 11) is 0. The number of benzene rings is 2. The molecular weight excluding hydrogens is 344 g/mol. The van der Waals surface area contributed by atoms with Crippen LogP contribution in [0.2, 0.25) is 0 Å². The Morgan fingerprint density at radius 2 is 1.85 bits per heavy atom. The Kier molecular flexibility index (Phi) is 3.95. The van der Waals surface area contributed by atoms with Crippen LogP contribution in [0.3, 0.4) is 0 Å². The maximum Gasteiger partial charge on any atom is 0.431 e. The maximum absolute atomic E-state index is 13.1. The number of amides is 1. The second-order valence-electron chi connectivity index (χ2n) is 7.53. The Balaban J connectivity index is 1.92. The summed E-state index contributed by atoms with van der Waals surface area (Å²) < 4.78 is 5.62. The lowest BCUT2D eigenvalue weighted by Gasteiger charge is -2.31. The number of hydrogen-bond donors (Lipinski definition) is 0. The number of aromatic nitrogens is 3. The van der Waals surface area contributed by atoms with Crippen LogP contribution < -0.4 is 5.01 Å². The molecule has 1 unspecified atom stereocenters. The van der Waals surface area contributed by atoms with E-state index in [0.29, 0.717) is 16.6 Å². The van der Waals surface area contributed by atoms with Crippen molar-refractivity contribution in [1.82, 2.24) is 15.1 Å². The van der Waals surface area contributed by atoms with Crippen molar-refractivity contribution in [3.05, 3.63) is 59.7 Å². The van der Waals surface area contributed by atoms with Gasteiger partial charge in [0.05, 0.1) is 6.04 Å². The highest BCUT2D eigenvalue weighted by Gasteiger charge is 2.38. The van der Waals surface area contributed by atoms with Crippen molar-refractivity contribution in [3.8, 4) is 0 Å². The summed E-state index contributed by atoms with van der Waals surface area (Å²) in [4.78, 5) is 27.5. The smallest absolute Gasteiger partial charge is 0.431 e. The summed E-state index contributed by atoms with van der Waals surface area (Å²) >= 11 is 0. The third-order valence-corrected chi connectivity index (χ3v) is 4.40. The summed E-state index contributed by atoms with van der Waals surface area (Å²) in [5.41, 5.74) is 1.72. The SMILES string of the molecule is CC(C)(C)OC(=O)N1C(c2ccccc2)CC(=O)c2cccc3nnn1c23. The first kappa shape index (κ1) is 17.2. The van der Waals surface area contributed by atoms with E-state index in [1.165, 1.54) is 9.80 Å². The van der Waals surface area contributed by atoms with Gasteiger partial charge in [0.25, 0.3) is 0 Å². The highest BCUT2D eigenvalue weighted by Crippen LogP contribution is 2.32. The molecule has 138 valence electrons. The average Bonchev–Trinajstić information content (AvgIpc) is 2.98. The number of carbonyl (C=O) groups excluding carboxylic acids is 2. The molecule has 0 aliphatic carbocycles. The van der Waals surface area contributed by atoms with Crippen molar-refractivity contribution in [3.63, 3.8) is 0 Å².